The molecule has 188 valence electrons. The molecule has 4 rings (SSSR count). The van der Waals surface area contributed by atoms with Gasteiger partial charge in [-0.25, -0.2) is 0 Å². The maximum absolute atomic E-state index is 5.90. The number of ether oxygens (including phenoxy) is 1. The van der Waals surface area contributed by atoms with Crippen LogP contribution in [0.5, 0.6) is 0 Å². The first-order chi connectivity index (χ1) is 16.6. The van der Waals surface area contributed by atoms with Crippen LogP contribution in [0.2, 0.25) is 0 Å². The second-order valence-electron chi connectivity index (χ2n) is 9.79. The van der Waals surface area contributed by atoms with Crippen molar-refractivity contribution in [2.24, 2.45) is 0 Å². The fourth-order valence-corrected chi connectivity index (χ4v) is 5.04. The number of allylic oxidation sites excluding steroid dienone is 2. The molecule has 0 spiro atoms. The number of rotatable bonds is 2. The zero-order chi connectivity index (χ0) is 24.4. The Morgan fingerprint density at radius 1 is 0.765 bits per heavy atom. The molecule has 2 fully saturated rings. The number of para-hydroxylation sites is 1. The fraction of sp³-hybridized carbons (Fsp3) is 0.581. The Labute approximate surface area is 209 Å². The third-order valence-corrected chi connectivity index (χ3v) is 6.72. The standard InChI is InChI=1S/C18H35NO.C9H7N.C4H6/c1-16-14-19(15-17(2)20-16)18-12-10-8-6-4-3-5-7-9-11-13-18;1-2-6-9-8(4-1)5-3-7-10-9;1-3-4-2/h16-18H,3-15H2,1-2H3;1-7H;3-4H,1-2H2. The lowest BCUT2D eigenvalue weighted by Gasteiger charge is -2.40. The molecule has 2 atom stereocenters. The van der Waals surface area contributed by atoms with Gasteiger partial charge in [0.25, 0.3) is 0 Å². The third kappa shape index (κ3) is 11.4. The van der Waals surface area contributed by atoms with E-state index in [1.165, 1.54) is 76.0 Å². The van der Waals surface area contributed by atoms with Gasteiger partial charge in [-0.1, -0.05) is 107 Å². The summed E-state index contributed by atoms with van der Waals surface area (Å²) in [4.78, 5) is 6.92. The predicted molar refractivity (Wildman–Crippen MR) is 148 cm³/mol. The van der Waals surface area contributed by atoms with Crippen LogP contribution in [0.15, 0.2) is 67.9 Å². The summed E-state index contributed by atoms with van der Waals surface area (Å²) in [6, 6.07) is 12.9. The number of benzene rings is 1. The second-order valence-corrected chi connectivity index (χ2v) is 9.79. The van der Waals surface area contributed by atoms with Crippen molar-refractivity contribution < 1.29 is 4.74 Å². The molecule has 0 radical (unpaired) electrons. The van der Waals surface area contributed by atoms with Gasteiger partial charge >= 0.3 is 0 Å². The van der Waals surface area contributed by atoms with E-state index >= 15 is 0 Å². The fourth-order valence-electron chi connectivity index (χ4n) is 5.04. The molecule has 2 unspecified atom stereocenters. The number of pyridine rings is 1. The van der Waals surface area contributed by atoms with Crippen LogP contribution in [0.1, 0.15) is 84.5 Å². The molecule has 1 saturated heterocycles. The van der Waals surface area contributed by atoms with Gasteiger partial charge in [-0.3, -0.25) is 9.88 Å². The Morgan fingerprint density at radius 3 is 1.79 bits per heavy atom. The van der Waals surface area contributed by atoms with Gasteiger partial charge in [0.2, 0.25) is 0 Å². The minimum Gasteiger partial charge on any atom is -0.373 e. The van der Waals surface area contributed by atoms with Crippen LogP contribution in [-0.4, -0.2) is 41.2 Å². The van der Waals surface area contributed by atoms with Gasteiger partial charge < -0.3 is 4.74 Å². The predicted octanol–water partition coefficient (Wildman–Crippen LogP) is 8.36. The van der Waals surface area contributed by atoms with E-state index in [-0.39, 0.29) is 0 Å². The molecular weight excluding hydrogens is 416 g/mol. The van der Waals surface area contributed by atoms with E-state index in [1.807, 2.05) is 30.5 Å². The van der Waals surface area contributed by atoms with Crippen molar-refractivity contribution in [2.45, 2.75) is 103 Å². The van der Waals surface area contributed by atoms with Crippen molar-refractivity contribution in [3.05, 3.63) is 67.9 Å². The summed E-state index contributed by atoms with van der Waals surface area (Å²) >= 11 is 0. The summed E-state index contributed by atoms with van der Waals surface area (Å²) in [5, 5.41) is 1.20. The SMILES string of the molecule is C=CC=C.CC1CN(C2CCCCCCCCCCC2)CC(C)O1.c1ccc2ncccc2c1. The van der Waals surface area contributed by atoms with Gasteiger partial charge in [-0.05, 0) is 38.8 Å². The molecule has 1 aliphatic carbocycles. The molecule has 3 heteroatoms. The molecule has 1 aromatic heterocycles. The number of aromatic nitrogens is 1. The van der Waals surface area contributed by atoms with Crippen LogP contribution in [0.3, 0.4) is 0 Å². The molecule has 1 aromatic carbocycles. The van der Waals surface area contributed by atoms with E-state index in [0.717, 1.165) is 24.6 Å². The van der Waals surface area contributed by atoms with Crippen LogP contribution in [0, 0.1) is 0 Å². The smallest absolute Gasteiger partial charge is 0.0701 e. The average Bonchev–Trinajstić information content (AvgIpc) is 2.84. The average molecular weight is 465 g/mol. The summed E-state index contributed by atoms with van der Waals surface area (Å²) in [6.07, 6.45) is 21.9. The zero-order valence-electron chi connectivity index (χ0n) is 21.8. The number of hydrogen-bond donors (Lipinski definition) is 0. The Morgan fingerprint density at radius 2 is 1.26 bits per heavy atom. The van der Waals surface area contributed by atoms with Crippen LogP contribution in [-0.2, 0) is 4.74 Å². The van der Waals surface area contributed by atoms with Gasteiger partial charge in [0, 0.05) is 30.7 Å². The molecule has 2 aromatic rings. The Balaban J connectivity index is 0.000000240. The van der Waals surface area contributed by atoms with E-state index in [1.54, 1.807) is 12.2 Å². The van der Waals surface area contributed by atoms with E-state index in [9.17, 15) is 0 Å². The van der Waals surface area contributed by atoms with Gasteiger partial charge in [0.05, 0.1) is 17.7 Å². The summed E-state index contributed by atoms with van der Waals surface area (Å²) in [5.41, 5.74) is 1.06. The molecule has 0 amide bonds. The summed E-state index contributed by atoms with van der Waals surface area (Å²) in [6.45, 7) is 13.5. The van der Waals surface area contributed by atoms with Crippen LogP contribution < -0.4 is 0 Å². The van der Waals surface area contributed by atoms with Gasteiger partial charge in [-0.2, -0.15) is 0 Å². The van der Waals surface area contributed by atoms with Gasteiger partial charge in [0.15, 0.2) is 0 Å². The highest BCUT2D eigenvalue weighted by Crippen LogP contribution is 2.23. The Kier molecular flexibility index (Phi) is 14.5. The normalized spacial score (nSPS) is 23.1. The highest BCUT2D eigenvalue weighted by Gasteiger charge is 2.27. The van der Waals surface area contributed by atoms with Crippen molar-refractivity contribution in [3.63, 3.8) is 0 Å². The van der Waals surface area contributed by atoms with E-state index in [2.05, 4.69) is 49.0 Å². The maximum atomic E-state index is 5.90. The lowest BCUT2D eigenvalue weighted by Crippen LogP contribution is -2.50. The quantitative estimate of drug-likeness (QED) is 0.417. The topological polar surface area (TPSA) is 25.4 Å². The zero-order valence-corrected chi connectivity index (χ0v) is 21.8. The molecule has 0 N–H and O–H groups in total. The molecular formula is C31H48N2O. The molecule has 34 heavy (non-hydrogen) atoms. The molecule has 3 nitrogen and oxygen atoms in total. The molecule has 1 aliphatic heterocycles. The minimum absolute atomic E-state index is 0.417. The lowest BCUT2D eigenvalue weighted by atomic mass is 9.96. The van der Waals surface area contributed by atoms with Crippen LogP contribution in [0.25, 0.3) is 10.9 Å². The van der Waals surface area contributed by atoms with Crippen LogP contribution >= 0.6 is 0 Å². The highest BCUT2D eigenvalue weighted by molar-refractivity contribution is 5.77. The number of morpholine rings is 1. The van der Waals surface area contributed by atoms with Crippen molar-refractivity contribution in [3.8, 4) is 0 Å². The first-order valence-electron chi connectivity index (χ1n) is 13.6. The van der Waals surface area contributed by atoms with E-state index in [4.69, 9.17) is 4.74 Å². The van der Waals surface area contributed by atoms with Crippen molar-refractivity contribution in [1.82, 2.24) is 9.88 Å². The van der Waals surface area contributed by atoms with Gasteiger partial charge in [-0.15, -0.1) is 0 Å². The third-order valence-electron chi connectivity index (χ3n) is 6.72. The molecule has 0 bridgehead atoms. The Bertz CT molecular complexity index is 711. The largest absolute Gasteiger partial charge is 0.373 e. The minimum atomic E-state index is 0.417. The molecule has 1 saturated carbocycles. The van der Waals surface area contributed by atoms with E-state index in [0.29, 0.717) is 12.2 Å². The summed E-state index contributed by atoms with van der Waals surface area (Å²) in [5.74, 6) is 0. The van der Waals surface area contributed by atoms with Crippen molar-refractivity contribution in [1.29, 1.82) is 0 Å². The monoisotopic (exact) mass is 464 g/mol. The first kappa shape index (κ1) is 28.3. The van der Waals surface area contributed by atoms with Crippen molar-refractivity contribution >= 4 is 10.9 Å². The van der Waals surface area contributed by atoms with Crippen molar-refractivity contribution in [2.75, 3.05) is 13.1 Å². The number of hydrogen-bond acceptors (Lipinski definition) is 3. The lowest BCUT2D eigenvalue weighted by molar-refractivity contribution is -0.0825. The number of fused-ring (bicyclic) bond motifs is 1. The highest BCUT2D eigenvalue weighted by atomic mass is 16.5. The van der Waals surface area contributed by atoms with E-state index < -0.39 is 0 Å². The second kappa shape index (κ2) is 17.5. The maximum Gasteiger partial charge on any atom is 0.0701 e. The Hall–Kier alpha value is -1.97. The number of nitrogens with zero attached hydrogens (tertiary/aromatic N) is 2. The molecule has 2 heterocycles. The summed E-state index contributed by atoms with van der Waals surface area (Å²) in [7, 11) is 0. The van der Waals surface area contributed by atoms with Gasteiger partial charge in [0.1, 0.15) is 0 Å². The summed E-state index contributed by atoms with van der Waals surface area (Å²) < 4.78 is 5.90. The molecule has 2 aliphatic rings. The first-order valence-corrected chi connectivity index (χ1v) is 13.6. The van der Waals surface area contributed by atoms with Crippen LogP contribution in [0.4, 0.5) is 0 Å².